The highest BCUT2D eigenvalue weighted by Crippen LogP contribution is 2.25. The Morgan fingerprint density at radius 3 is 2.57 bits per heavy atom. The highest BCUT2D eigenvalue weighted by atomic mass is 16.4. The van der Waals surface area contributed by atoms with Crippen LogP contribution in [0.25, 0.3) is 0 Å². The summed E-state index contributed by atoms with van der Waals surface area (Å²) in [7, 11) is 3.49. The van der Waals surface area contributed by atoms with Crippen molar-refractivity contribution in [2.24, 2.45) is 5.92 Å². The van der Waals surface area contributed by atoms with Gasteiger partial charge in [-0.25, -0.2) is 4.79 Å². The lowest BCUT2D eigenvalue weighted by atomic mass is 9.85. The van der Waals surface area contributed by atoms with Gasteiger partial charge in [0.25, 0.3) is 0 Å². The molecule has 2 unspecified atom stereocenters. The van der Waals surface area contributed by atoms with E-state index in [9.17, 15) is 14.4 Å². The molecule has 0 aromatic carbocycles. The molecule has 1 fully saturated rings. The molecule has 0 aliphatic heterocycles. The SMILES string of the molecule is CN(C)C(=O)C1CCCC(NC(=O)NCCCC(=O)O)C1. The van der Waals surface area contributed by atoms with Crippen LogP contribution in [0.15, 0.2) is 0 Å². The molecule has 0 saturated heterocycles. The van der Waals surface area contributed by atoms with Gasteiger partial charge >= 0.3 is 12.0 Å². The van der Waals surface area contributed by atoms with Crippen molar-refractivity contribution >= 4 is 17.9 Å². The lowest BCUT2D eigenvalue weighted by Crippen LogP contribution is -2.46. The molecule has 0 aromatic heterocycles. The minimum atomic E-state index is -0.866. The molecule has 0 aromatic rings. The Labute approximate surface area is 125 Å². The van der Waals surface area contributed by atoms with Gasteiger partial charge in [-0.05, 0) is 25.7 Å². The van der Waals surface area contributed by atoms with Crippen LogP contribution in [0.1, 0.15) is 38.5 Å². The number of nitrogens with one attached hydrogen (secondary N) is 2. The van der Waals surface area contributed by atoms with E-state index in [1.807, 2.05) is 0 Å². The predicted octanol–water partition coefficient (Wildman–Crippen LogP) is 0.797. The molecule has 7 nitrogen and oxygen atoms in total. The number of carboxylic acid groups (broad SMARTS) is 1. The van der Waals surface area contributed by atoms with E-state index < -0.39 is 5.97 Å². The van der Waals surface area contributed by atoms with E-state index in [-0.39, 0.29) is 30.3 Å². The Bertz CT molecular complexity index is 384. The minimum Gasteiger partial charge on any atom is -0.481 e. The normalized spacial score (nSPS) is 21.4. The first kappa shape index (κ1) is 17.3. The highest BCUT2D eigenvalue weighted by molar-refractivity contribution is 5.79. The summed E-state index contributed by atoms with van der Waals surface area (Å²) in [5.74, 6) is -0.774. The molecule has 1 aliphatic carbocycles. The van der Waals surface area contributed by atoms with Gasteiger partial charge in [-0.15, -0.1) is 0 Å². The van der Waals surface area contributed by atoms with Crippen molar-refractivity contribution in [1.82, 2.24) is 15.5 Å². The number of urea groups is 1. The van der Waals surface area contributed by atoms with Crippen molar-refractivity contribution in [2.75, 3.05) is 20.6 Å². The van der Waals surface area contributed by atoms with Crippen molar-refractivity contribution in [3.05, 3.63) is 0 Å². The second-order valence-corrected chi connectivity index (χ2v) is 5.69. The molecule has 0 bridgehead atoms. The van der Waals surface area contributed by atoms with E-state index >= 15 is 0 Å². The maximum absolute atomic E-state index is 11.9. The largest absolute Gasteiger partial charge is 0.481 e. The number of hydrogen-bond donors (Lipinski definition) is 3. The Morgan fingerprint density at radius 1 is 1.24 bits per heavy atom. The number of amides is 3. The van der Waals surface area contributed by atoms with Crippen LogP contribution in [0.2, 0.25) is 0 Å². The Balaban J connectivity index is 2.28. The molecule has 7 heteroatoms. The van der Waals surface area contributed by atoms with Crippen LogP contribution in [0.3, 0.4) is 0 Å². The number of nitrogens with zero attached hydrogens (tertiary/aromatic N) is 1. The summed E-state index contributed by atoms with van der Waals surface area (Å²) in [6.45, 7) is 0.338. The van der Waals surface area contributed by atoms with Gasteiger partial charge in [0.05, 0.1) is 0 Å². The van der Waals surface area contributed by atoms with Gasteiger partial charge in [-0.2, -0.15) is 0 Å². The van der Waals surface area contributed by atoms with E-state index in [0.29, 0.717) is 19.4 Å². The third kappa shape index (κ3) is 6.46. The number of rotatable bonds is 6. The standard InChI is InChI=1S/C14H25N3O4/c1-17(2)13(20)10-5-3-6-11(9-10)16-14(21)15-8-4-7-12(18)19/h10-11H,3-9H2,1-2H3,(H,18,19)(H2,15,16,21). The van der Waals surface area contributed by atoms with Gasteiger partial charge in [0.1, 0.15) is 0 Å². The van der Waals surface area contributed by atoms with Crippen LogP contribution in [0.5, 0.6) is 0 Å². The Kier molecular flexibility index (Phi) is 6.98. The van der Waals surface area contributed by atoms with Crippen molar-refractivity contribution in [1.29, 1.82) is 0 Å². The fraction of sp³-hybridized carbons (Fsp3) is 0.786. The van der Waals surface area contributed by atoms with Crippen molar-refractivity contribution in [2.45, 2.75) is 44.6 Å². The number of aliphatic carboxylic acids is 1. The molecule has 21 heavy (non-hydrogen) atoms. The molecule has 1 saturated carbocycles. The molecule has 3 amide bonds. The molecular weight excluding hydrogens is 274 g/mol. The minimum absolute atomic E-state index is 0.00660. The van der Waals surface area contributed by atoms with E-state index in [1.165, 1.54) is 0 Å². The average Bonchev–Trinajstić information content (AvgIpc) is 2.42. The summed E-state index contributed by atoms with van der Waals surface area (Å²) in [6.07, 6.45) is 3.79. The molecule has 3 N–H and O–H groups in total. The molecule has 1 rings (SSSR count). The van der Waals surface area contributed by atoms with Crippen LogP contribution in [0, 0.1) is 5.92 Å². The first-order valence-electron chi connectivity index (χ1n) is 7.37. The summed E-state index contributed by atoms with van der Waals surface area (Å²) in [4.78, 5) is 35.6. The summed E-state index contributed by atoms with van der Waals surface area (Å²) in [6, 6.07) is -0.282. The second kappa shape index (κ2) is 8.49. The molecule has 0 heterocycles. The summed E-state index contributed by atoms with van der Waals surface area (Å²) in [5.41, 5.74) is 0. The summed E-state index contributed by atoms with van der Waals surface area (Å²) >= 11 is 0. The zero-order chi connectivity index (χ0) is 15.8. The molecule has 1 aliphatic rings. The zero-order valence-electron chi connectivity index (χ0n) is 12.7. The van der Waals surface area contributed by atoms with Gasteiger partial charge in [0, 0.05) is 39.0 Å². The number of carbonyl (C=O) groups is 3. The second-order valence-electron chi connectivity index (χ2n) is 5.69. The Morgan fingerprint density at radius 2 is 1.95 bits per heavy atom. The summed E-state index contributed by atoms with van der Waals surface area (Å²) in [5, 5.41) is 14.0. The zero-order valence-corrected chi connectivity index (χ0v) is 12.7. The first-order chi connectivity index (χ1) is 9.90. The van der Waals surface area contributed by atoms with Crippen molar-refractivity contribution < 1.29 is 19.5 Å². The van der Waals surface area contributed by atoms with Crippen LogP contribution < -0.4 is 10.6 Å². The Hall–Kier alpha value is -1.79. The van der Waals surface area contributed by atoms with Crippen LogP contribution >= 0.6 is 0 Å². The maximum atomic E-state index is 11.9. The molecule has 2 atom stereocenters. The lowest BCUT2D eigenvalue weighted by molar-refractivity contribution is -0.137. The van der Waals surface area contributed by atoms with E-state index in [2.05, 4.69) is 10.6 Å². The van der Waals surface area contributed by atoms with Crippen LogP contribution in [0.4, 0.5) is 4.79 Å². The molecule has 0 radical (unpaired) electrons. The number of hydrogen-bond acceptors (Lipinski definition) is 3. The predicted molar refractivity (Wildman–Crippen MR) is 77.8 cm³/mol. The maximum Gasteiger partial charge on any atom is 0.315 e. The van der Waals surface area contributed by atoms with Crippen LogP contribution in [-0.4, -0.2) is 54.6 Å². The van der Waals surface area contributed by atoms with Gasteiger partial charge in [0.15, 0.2) is 0 Å². The highest BCUT2D eigenvalue weighted by Gasteiger charge is 2.28. The van der Waals surface area contributed by atoms with E-state index in [4.69, 9.17) is 5.11 Å². The monoisotopic (exact) mass is 299 g/mol. The first-order valence-corrected chi connectivity index (χ1v) is 7.37. The fourth-order valence-electron chi connectivity index (χ4n) is 2.59. The topological polar surface area (TPSA) is 98.7 Å². The average molecular weight is 299 g/mol. The molecule has 0 spiro atoms. The third-order valence-electron chi connectivity index (χ3n) is 3.65. The van der Waals surface area contributed by atoms with Crippen LogP contribution in [-0.2, 0) is 9.59 Å². The van der Waals surface area contributed by atoms with Gasteiger partial charge < -0.3 is 20.6 Å². The van der Waals surface area contributed by atoms with Gasteiger partial charge in [-0.1, -0.05) is 6.42 Å². The van der Waals surface area contributed by atoms with Crippen molar-refractivity contribution in [3.63, 3.8) is 0 Å². The number of carbonyl (C=O) groups excluding carboxylic acids is 2. The summed E-state index contributed by atoms with van der Waals surface area (Å²) < 4.78 is 0. The fourth-order valence-corrected chi connectivity index (χ4v) is 2.59. The lowest BCUT2D eigenvalue weighted by Gasteiger charge is -2.30. The van der Waals surface area contributed by atoms with E-state index in [0.717, 1.165) is 19.3 Å². The van der Waals surface area contributed by atoms with Gasteiger partial charge in [0.2, 0.25) is 5.91 Å². The third-order valence-corrected chi connectivity index (χ3v) is 3.65. The number of carboxylic acids is 1. The molecule has 120 valence electrons. The molecular formula is C14H25N3O4. The van der Waals surface area contributed by atoms with Gasteiger partial charge in [-0.3, -0.25) is 9.59 Å². The smallest absolute Gasteiger partial charge is 0.315 e. The quantitative estimate of drug-likeness (QED) is 0.632. The van der Waals surface area contributed by atoms with Crippen molar-refractivity contribution in [3.8, 4) is 0 Å². The van der Waals surface area contributed by atoms with E-state index in [1.54, 1.807) is 19.0 Å².